The maximum absolute atomic E-state index is 10.7. The Hall–Kier alpha value is -2.26. The maximum atomic E-state index is 10.7. The highest BCUT2D eigenvalue weighted by molar-refractivity contribution is 5.92. The van der Waals surface area contributed by atoms with Gasteiger partial charge in [-0.25, -0.2) is 0 Å². The lowest BCUT2D eigenvalue weighted by molar-refractivity contribution is -0.113. The number of hydrogen-bond donors (Lipinski definition) is 1. The van der Waals surface area contributed by atoms with Crippen molar-refractivity contribution in [2.45, 2.75) is 0 Å². The lowest BCUT2D eigenvalue weighted by atomic mass is 10.2. The largest absolute Gasteiger partial charge is 0.508 e. The molecule has 1 aromatic carbocycles. The number of azide groups is 1. The molecule has 0 aliphatic rings. The Labute approximate surface area is 79.9 Å². The number of benzene rings is 1. The van der Waals surface area contributed by atoms with Crippen molar-refractivity contribution in [3.63, 3.8) is 0 Å². The molecule has 0 saturated carbocycles. The quantitative estimate of drug-likeness (QED) is 0.334. The summed E-state index contributed by atoms with van der Waals surface area (Å²) >= 11 is 0. The molecule has 1 aromatic rings. The number of phenolic OH excluding ortho intramolecular Hbond substituents is 1. The predicted molar refractivity (Wildman–Crippen MR) is 51.3 cm³/mol. The van der Waals surface area contributed by atoms with E-state index < -0.39 is 5.91 Å². The number of hydrogen-bond acceptors (Lipinski definition) is 2. The van der Waals surface area contributed by atoms with Crippen LogP contribution in [0, 0.1) is 0 Å². The van der Waals surface area contributed by atoms with Crippen LogP contribution in [0.5, 0.6) is 5.75 Å². The van der Waals surface area contributed by atoms with Crippen LogP contribution in [-0.4, -0.2) is 11.0 Å². The summed E-state index contributed by atoms with van der Waals surface area (Å²) in [7, 11) is 0. The van der Waals surface area contributed by atoms with Crippen molar-refractivity contribution in [2.24, 2.45) is 5.11 Å². The zero-order valence-corrected chi connectivity index (χ0v) is 7.16. The van der Waals surface area contributed by atoms with E-state index in [0.717, 1.165) is 11.6 Å². The van der Waals surface area contributed by atoms with Crippen molar-refractivity contribution in [3.05, 3.63) is 46.3 Å². The maximum Gasteiger partial charge on any atom is 0.242 e. The first-order valence-electron chi connectivity index (χ1n) is 3.78. The number of phenols is 1. The summed E-state index contributed by atoms with van der Waals surface area (Å²) in [6.45, 7) is 0. The normalized spacial score (nSPS) is 9.71. The molecule has 1 rings (SSSR count). The summed E-state index contributed by atoms with van der Waals surface area (Å²) < 4.78 is 0. The summed E-state index contributed by atoms with van der Waals surface area (Å²) in [4.78, 5) is 13.1. The topological polar surface area (TPSA) is 86.1 Å². The zero-order chi connectivity index (χ0) is 10.4. The van der Waals surface area contributed by atoms with Crippen LogP contribution in [0.2, 0.25) is 0 Å². The molecule has 5 nitrogen and oxygen atoms in total. The summed E-state index contributed by atoms with van der Waals surface area (Å²) in [6, 6.07) is 6.26. The molecule has 0 aromatic heterocycles. The monoisotopic (exact) mass is 189 g/mol. The smallest absolute Gasteiger partial charge is 0.242 e. The molecule has 0 heterocycles. The molecule has 0 spiro atoms. The predicted octanol–water partition coefficient (Wildman–Crippen LogP) is 2.24. The molecule has 0 radical (unpaired) electrons. The summed E-state index contributed by atoms with van der Waals surface area (Å²) in [5.74, 6) is -0.496. The van der Waals surface area contributed by atoms with Crippen LogP contribution in [0.25, 0.3) is 16.5 Å². The van der Waals surface area contributed by atoms with Gasteiger partial charge in [0.2, 0.25) is 5.91 Å². The molecule has 14 heavy (non-hydrogen) atoms. The average molecular weight is 189 g/mol. The fourth-order valence-electron chi connectivity index (χ4n) is 0.830. The molecule has 0 saturated heterocycles. The van der Waals surface area contributed by atoms with E-state index in [-0.39, 0.29) is 5.75 Å². The van der Waals surface area contributed by atoms with Crippen LogP contribution < -0.4 is 0 Å². The molecule has 1 amide bonds. The average Bonchev–Trinajstić information content (AvgIpc) is 2.17. The second-order valence-electron chi connectivity index (χ2n) is 2.45. The van der Waals surface area contributed by atoms with E-state index in [1.54, 1.807) is 12.1 Å². The Morgan fingerprint density at radius 2 is 2.07 bits per heavy atom. The molecule has 5 heteroatoms. The van der Waals surface area contributed by atoms with Gasteiger partial charge in [-0.3, -0.25) is 4.79 Å². The lowest BCUT2D eigenvalue weighted by Gasteiger charge is -1.92. The molecule has 0 fully saturated rings. The molecule has 1 N–H and O–H groups in total. The molecule has 0 unspecified atom stereocenters. The van der Waals surface area contributed by atoms with E-state index in [4.69, 9.17) is 10.6 Å². The Bertz CT molecular complexity index is 403. The SMILES string of the molecule is [N-]=[N+]=NC(=O)/C=C/c1ccc(O)cc1. The third-order valence-electron chi connectivity index (χ3n) is 1.45. The summed E-state index contributed by atoms with van der Waals surface area (Å²) in [5.41, 5.74) is 8.68. The number of carbonyl (C=O) groups is 1. The van der Waals surface area contributed by atoms with Crippen LogP contribution in [0.15, 0.2) is 35.5 Å². The molecule has 0 aliphatic heterocycles. The van der Waals surface area contributed by atoms with Crippen LogP contribution >= 0.6 is 0 Å². The first-order valence-corrected chi connectivity index (χ1v) is 3.78. The number of nitrogens with zero attached hydrogens (tertiary/aromatic N) is 3. The standard InChI is InChI=1S/C9H7N3O2/c10-12-11-9(14)6-3-7-1-4-8(13)5-2-7/h1-6,13H/b6-3+. The van der Waals surface area contributed by atoms with E-state index in [1.165, 1.54) is 18.2 Å². The second kappa shape index (κ2) is 4.69. The second-order valence-corrected chi connectivity index (χ2v) is 2.45. The first kappa shape index (κ1) is 9.83. The number of amides is 1. The minimum Gasteiger partial charge on any atom is -0.508 e. The van der Waals surface area contributed by atoms with Crippen molar-refractivity contribution in [1.29, 1.82) is 0 Å². The number of carbonyl (C=O) groups excluding carboxylic acids is 1. The summed E-state index contributed by atoms with van der Waals surface area (Å²) in [5, 5.41) is 11.8. The Morgan fingerprint density at radius 3 is 2.64 bits per heavy atom. The minimum atomic E-state index is -0.652. The first-order chi connectivity index (χ1) is 6.72. The van der Waals surface area contributed by atoms with Gasteiger partial charge in [0.1, 0.15) is 5.75 Å². The van der Waals surface area contributed by atoms with E-state index >= 15 is 0 Å². The molecule has 70 valence electrons. The van der Waals surface area contributed by atoms with Gasteiger partial charge in [-0.1, -0.05) is 18.2 Å². The van der Waals surface area contributed by atoms with Gasteiger partial charge in [-0.05, 0) is 34.4 Å². The third kappa shape index (κ3) is 3.00. The van der Waals surface area contributed by atoms with Crippen LogP contribution in [0.3, 0.4) is 0 Å². The van der Waals surface area contributed by atoms with Crippen molar-refractivity contribution in [1.82, 2.24) is 0 Å². The highest BCUT2D eigenvalue weighted by Gasteiger charge is 1.90. The van der Waals surface area contributed by atoms with E-state index in [2.05, 4.69) is 10.0 Å². The van der Waals surface area contributed by atoms with Gasteiger partial charge in [0.25, 0.3) is 0 Å². The highest BCUT2D eigenvalue weighted by Crippen LogP contribution is 2.10. The van der Waals surface area contributed by atoms with Gasteiger partial charge in [-0.2, -0.15) is 0 Å². The van der Waals surface area contributed by atoms with Gasteiger partial charge in [0, 0.05) is 4.91 Å². The Kier molecular flexibility index (Phi) is 3.29. The number of aromatic hydroxyl groups is 1. The van der Waals surface area contributed by atoms with E-state index in [9.17, 15) is 4.79 Å². The van der Waals surface area contributed by atoms with Crippen molar-refractivity contribution in [2.75, 3.05) is 0 Å². The van der Waals surface area contributed by atoms with Crippen LogP contribution in [0.1, 0.15) is 5.56 Å². The van der Waals surface area contributed by atoms with Crippen molar-refractivity contribution >= 4 is 12.0 Å². The zero-order valence-electron chi connectivity index (χ0n) is 7.16. The Balaban J connectivity index is 2.73. The van der Waals surface area contributed by atoms with Gasteiger partial charge in [0.05, 0.1) is 0 Å². The molecular weight excluding hydrogens is 182 g/mol. The van der Waals surface area contributed by atoms with Gasteiger partial charge in [0.15, 0.2) is 0 Å². The molecular formula is C9H7N3O2. The van der Waals surface area contributed by atoms with Gasteiger partial charge in [-0.15, -0.1) is 0 Å². The molecule has 0 atom stereocenters. The third-order valence-corrected chi connectivity index (χ3v) is 1.45. The summed E-state index contributed by atoms with van der Waals surface area (Å²) in [6.07, 6.45) is 2.66. The van der Waals surface area contributed by atoms with Crippen LogP contribution in [0.4, 0.5) is 0 Å². The fraction of sp³-hybridized carbons (Fsp3) is 0. The van der Waals surface area contributed by atoms with Crippen molar-refractivity contribution in [3.8, 4) is 5.75 Å². The van der Waals surface area contributed by atoms with E-state index in [0.29, 0.717) is 0 Å². The molecule has 0 aliphatic carbocycles. The lowest BCUT2D eigenvalue weighted by Crippen LogP contribution is -1.82. The minimum absolute atomic E-state index is 0.156. The Morgan fingerprint density at radius 1 is 1.43 bits per heavy atom. The molecule has 0 bridgehead atoms. The highest BCUT2D eigenvalue weighted by atomic mass is 16.3. The van der Waals surface area contributed by atoms with Crippen LogP contribution in [-0.2, 0) is 4.79 Å². The fourth-order valence-corrected chi connectivity index (χ4v) is 0.830. The van der Waals surface area contributed by atoms with E-state index in [1.807, 2.05) is 0 Å². The van der Waals surface area contributed by atoms with Gasteiger partial charge < -0.3 is 5.11 Å². The van der Waals surface area contributed by atoms with Gasteiger partial charge >= 0.3 is 0 Å². The number of rotatable bonds is 2. The van der Waals surface area contributed by atoms with Crippen molar-refractivity contribution < 1.29 is 9.90 Å².